The van der Waals surface area contributed by atoms with E-state index in [0.717, 1.165) is 11.6 Å². The van der Waals surface area contributed by atoms with E-state index in [9.17, 15) is 14.7 Å². The molecule has 2 aromatic carbocycles. The van der Waals surface area contributed by atoms with Crippen molar-refractivity contribution in [1.29, 1.82) is 0 Å². The van der Waals surface area contributed by atoms with Gasteiger partial charge >= 0.3 is 5.97 Å². The number of carbonyl (C=O) groups excluding carboxylic acids is 1. The number of aromatic carboxylic acids is 1. The van der Waals surface area contributed by atoms with Crippen LogP contribution in [0.1, 0.15) is 26.3 Å². The number of phenolic OH excluding ortho intramolecular Hbond substituents is 1. The normalized spacial score (nSPS) is 10.9. The lowest BCUT2D eigenvalue weighted by Crippen LogP contribution is -2.07. The van der Waals surface area contributed by atoms with Crippen LogP contribution < -0.4 is 0 Å². The molecule has 0 unspecified atom stereocenters. The van der Waals surface area contributed by atoms with Crippen LogP contribution in [0.5, 0.6) is 5.75 Å². The molecule has 8 heteroatoms. The van der Waals surface area contributed by atoms with E-state index >= 15 is 0 Å². The lowest BCUT2D eigenvalue weighted by Gasteiger charge is -2.05. The van der Waals surface area contributed by atoms with Gasteiger partial charge in [0.25, 0.3) is 0 Å². The first-order chi connectivity index (χ1) is 13.4. The molecule has 0 atom stereocenters. The third-order valence-corrected chi connectivity index (χ3v) is 4.46. The molecule has 0 aliphatic rings. The van der Waals surface area contributed by atoms with Crippen LogP contribution in [0.2, 0.25) is 5.02 Å². The summed E-state index contributed by atoms with van der Waals surface area (Å²) in [5.74, 6) is -2.06. The maximum atomic E-state index is 12.8. The van der Waals surface area contributed by atoms with Crippen molar-refractivity contribution in [2.75, 3.05) is 0 Å². The van der Waals surface area contributed by atoms with Gasteiger partial charge in [-0.2, -0.15) is 5.10 Å². The van der Waals surface area contributed by atoms with Gasteiger partial charge < -0.3 is 10.2 Å². The number of nitrogens with zero attached hydrogens (tertiary/aromatic N) is 3. The molecule has 2 heterocycles. The average Bonchev–Trinajstić information content (AvgIpc) is 3.11. The van der Waals surface area contributed by atoms with E-state index in [4.69, 9.17) is 16.7 Å². The summed E-state index contributed by atoms with van der Waals surface area (Å²) in [5, 5.41) is 24.1. The van der Waals surface area contributed by atoms with E-state index in [-0.39, 0.29) is 22.4 Å². The number of rotatable bonds is 4. The van der Waals surface area contributed by atoms with E-state index in [1.54, 1.807) is 18.2 Å². The van der Waals surface area contributed by atoms with Gasteiger partial charge in [-0.25, -0.2) is 14.3 Å². The molecule has 138 valence electrons. The number of carboxylic acid groups (broad SMARTS) is 1. The van der Waals surface area contributed by atoms with Gasteiger partial charge in [0.05, 0.1) is 22.4 Å². The zero-order valence-corrected chi connectivity index (χ0v) is 15.0. The van der Waals surface area contributed by atoms with Gasteiger partial charge in [0.2, 0.25) is 0 Å². The number of carbonyl (C=O) groups is 2. The SMILES string of the molecule is O=C(O)c1ccc(O)c(C(=O)c2cnc3cc(-c4ccc(Cl)cc4)nn3c2)c1. The molecule has 0 fully saturated rings. The summed E-state index contributed by atoms with van der Waals surface area (Å²) in [7, 11) is 0. The molecular formula is C20H12ClN3O4. The Labute approximate surface area is 163 Å². The van der Waals surface area contributed by atoms with Crippen LogP contribution in [-0.2, 0) is 0 Å². The van der Waals surface area contributed by atoms with Crippen LogP contribution in [-0.4, -0.2) is 36.6 Å². The molecule has 0 aliphatic carbocycles. The van der Waals surface area contributed by atoms with Crippen molar-refractivity contribution in [3.63, 3.8) is 0 Å². The van der Waals surface area contributed by atoms with Crippen LogP contribution >= 0.6 is 11.6 Å². The summed E-state index contributed by atoms with van der Waals surface area (Å²) in [6, 6.07) is 12.4. The Balaban J connectivity index is 1.74. The number of ketones is 1. The highest BCUT2D eigenvalue weighted by Crippen LogP contribution is 2.24. The first-order valence-corrected chi connectivity index (χ1v) is 8.52. The third kappa shape index (κ3) is 3.19. The minimum absolute atomic E-state index is 0.0979. The average molecular weight is 394 g/mol. The number of halogens is 1. The highest BCUT2D eigenvalue weighted by atomic mass is 35.5. The Kier molecular flexibility index (Phi) is 4.29. The number of aromatic nitrogens is 3. The fourth-order valence-corrected chi connectivity index (χ4v) is 2.89. The zero-order chi connectivity index (χ0) is 19.8. The number of hydrogen-bond acceptors (Lipinski definition) is 5. The number of phenols is 1. The van der Waals surface area contributed by atoms with E-state index in [1.807, 2.05) is 12.1 Å². The van der Waals surface area contributed by atoms with Crippen LogP contribution in [0.4, 0.5) is 0 Å². The Morgan fingerprint density at radius 2 is 1.75 bits per heavy atom. The predicted octanol–water partition coefficient (Wildman–Crippen LogP) is 3.68. The molecule has 0 saturated carbocycles. The summed E-state index contributed by atoms with van der Waals surface area (Å²) in [6.07, 6.45) is 2.84. The van der Waals surface area contributed by atoms with Gasteiger partial charge in [-0.3, -0.25) is 4.79 Å². The minimum Gasteiger partial charge on any atom is -0.507 e. The first-order valence-electron chi connectivity index (χ1n) is 8.15. The molecule has 0 spiro atoms. The van der Waals surface area contributed by atoms with Crippen LogP contribution in [0.3, 0.4) is 0 Å². The van der Waals surface area contributed by atoms with Crippen molar-refractivity contribution < 1.29 is 19.8 Å². The van der Waals surface area contributed by atoms with Crippen molar-refractivity contribution in [2.45, 2.75) is 0 Å². The highest BCUT2D eigenvalue weighted by Gasteiger charge is 2.18. The quantitative estimate of drug-likeness (QED) is 0.512. The smallest absolute Gasteiger partial charge is 0.335 e. The summed E-state index contributed by atoms with van der Waals surface area (Å²) >= 11 is 5.90. The molecule has 7 nitrogen and oxygen atoms in total. The molecule has 4 aromatic rings. The molecule has 28 heavy (non-hydrogen) atoms. The summed E-state index contributed by atoms with van der Waals surface area (Å²) in [5.41, 5.74) is 1.98. The van der Waals surface area contributed by atoms with Gasteiger partial charge in [0, 0.05) is 29.0 Å². The van der Waals surface area contributed by atoms with Gasteiger partial charge in [-0.05, 0) is 30.3 Å². The molecule has 0 amide bonds. The summed E-state index contributed by atoms with van der Waals surface area (Å²) < 4.78 is 1.45. The second kappa shape index (κ2) is 6.79. The lowest BCUT2D eigenvalue weighted by atomic mass is 10.0. The van der Waals surface area contributed by atoms with Crippen molar-refractivity contribution in [3.8, 4) is 17.0 Å². The monoisotopic (exact) mass is 393 g/mol. The molecular weight excluding hydrogens is 382 g/mol. The van der Waals surface area contributed by atoms with Crippen LogP contribution in [0.15, 0.2) is 60.9 Å². The molecule has 0 bridgehead atoms. The number of hydrogen-bond donors (Lipinski definition) is 2. The van der Waals surface area contributed by atoms with Crippen LogP contribution in [0.25, 0.3) is 16.9 Å². The standard InChI is InChI=1S/C20H12ClN3O4/c21-14-4-1-11(2-5-14)16-8-18-22-9-13(10-24(18)23-16)19(26)15-7-12(20(27)28)3-6-17(15)25/h1-10,25H,(H,27,28). The molecule has 0 saturated heterocycles. The number of carboxylic acids is 1. The second-order valence-corrected chi connectivity index (χ2v) is 6.48. The minimum atomic E-state index is -1.19. The zero-order valence-electron chi connectivity index (χ0n) is 14.2. The van der Waals surface area contributed by atoms with Crippen molar-refractivity contribution in [1.82, 2.24) is 14.6 Å². The fourth-order valence-electron chi connectivity index (χ4n) is 2.76. The molecule has 0 aliphatic heterocycles. The number of fused-ring (bicyclic) bond motifs is 1. The van der Waals surface area contributed by atoms with Crippen LogP contribution in [0, 0.1) is 0 Å². The van der Waals surface area contributed by atoms with Crippen molar-refractivity contribution in [2.24, 2.45) is 0 Å². The fraction of sp³-hybridized carbons (Fsp3) is 0. The lowest BCUT2D eigenvalue weighted by molar-refractivity contribution is 0.0697. The Bertz CT molecular complexity index is 1230. The van der Waals surface area contributed by atoms with Gasteiger partial charge in [-0.1, -0.05) is 23.7 Å². The second-order valence-electron chi connectivity index (χ2n) is 6.05. The molecule has 4 rings (SSSR count). The Hall–Kier alpha value is -3.71. The van der Waals surface area contributed by atoms with E-state index in [2.05, 4.69) is 10.1 Å². The van der Waals surface area contributed by atoms with E-state index in [0.29, 0.717) is 16.4 Å². The van der Waals surface area contributed by atoms with Crippen molar-refractivity contribution in [3.05, 3.63) is 82.6 Å². The van der Waals surface area contributed by atoms with Gasteiger partial charge in [0.1, 0.15) is 5.75 Å². The maximum absolute atomic E-state index is 12.8. The van der Waals surface area contributed by atoms with E-state index in [1.165, 1.54) is 29.0 Å². The topological polar surface area (TPSA) is 105 Å². The summed E-state index contributed by atoms with van der Waals surface area (Å²) in [6.45, 7) is 0. The molecule has 0 radical (unpaired) electrons. The largest absolute Gasteiger partial charge is 0.507 e. The Morgan fingerprint density at radius 3 is 2.46 bits per heavy atom. The molecule has 2 aromatic heterocycles. The highest BCUT2D eigenvalue weighted by molar-refractivity contribution is 6.30. The Morgan fingerprint density at radius 1 is 1.00 bits per heavy atom. The van der Waals surface area contributed by atoms with Gasteiger partial charge in [0.15, 0.2) is 11.4 Å². The maximum Gasteiger partial charge on any atom is 0.335 e. The predicted molar refractivity (Wildman–Crippen MR) is 102 cm³/mol. The van der Waals surface area contributed by atoms with Crippen molar-refractivity contribution >= 4 is 29.0 Å². The third-order valence-electron chi connectivity index (χ3n) is 4.20. The summed E-state index contributed by atoms with van der Waals surface area (Å²) in [4.78, 5) is 28.1. The first kappa shape index (κ1) is 17.7. The number of benzene rings is 2. The number of aromatic hydroxyl groups is 1. The van der Waals surface area contributed by atoms with Gasteiger partial charge in [-0.15, -0.1) is 0 Å². The molecule has 2 N–H and O–H groups in total. The van der Waals surface area contributed by atoms with E-state index < -0.39 is 11.8 Å².